The molecule has 6 atom stereocenters. The van der Waals surface area contributed by atoms with E-state index in [9.17, 15) is 77.0 Å². The van der Waals surface area contributed by atoms with Crippen molar-refractivity contribution in [3.8, 4) is 17.2 Å². The normalized spacial score (nSPS) is 24.6. The van der Waals surface area contributed by atoms with Crippen molar-refractivity contribution in [3.63, 3.8) is 0 Å². The molecule has 6 unspecified atom stereocenters. The van der Waals surface area contributed by atoms with Crippen LogP contribution in [0.15, 0.2) is 66.3 Å². The number of benzene rings is 3. The summed E-state index contributed by atoms with van der Waals surface area (Å²) in [5.74, 6) is -14.2. The molecule has 3 fully saturated rings. The summed E-state index contributed by atoms with van der Waals surface area (Å²) in [6, 6.07) is 2.99. The van der Waals surface area contributed by atoms with E-state index in [-0.39, 0.29) is 75.3 Å². The molecular formula is C40H28F12N2O7. The summed E-state index contributed by atoms with van der Waals surface area (Å²) < 4.78 is 177. The predicted molar refractivity (Wildman–Crippen MR) is 186 cm³/mol. The van der Waals surface area contributed by atoms with Gasteiger partial charge in [-0.3, -0.25) is 19.2 Å². The van der Waals surface area contributed by atoms with Gasteiger partial charge < -0.3 is 14.6 Å². The van der Waals surface area contributed by atoms with Crippen molar-refractivity contribution in [2.24, 2.45) is 35.5 Å². The average Bonchev–Trinajstić information content (AvgIpc) is 3.58. The molecule has 9 nitrogen and oxygen atoms in total. The number of methoxy groups -OCH3 is 2. The van der Waals surface area contributed by atoms with E-state index in [1.54, 1.807) is 0 Å². The average molecular weight is 877 g/mol. The minimum Gasteiger partial charge on any atom is -0.502 e. The number of carbonyl (C=O) groups excluding carboxylic acids is 4. The molecule has 2 saturated heterocycles. The van der Waals surface area contributed by atoms with E-state index < -0.39 is 130 Å². The zero-order chi connectivity index (χ0) is 44.9. The van der Waals surface area contributed by atoms with Gasteiger partial charge in [-0.05, 0) is 72.9 Å². The number of ether oxygens (including phenoxy) is 2. The van der Waals surface area contributed by atoms with Crippen LogP contribution in [-0.2, 0) is 43.9 Å². The summed E-state index contributed by atoms with van der Waals surface area (Å²) in [5, 5.41) is 10.4. The van der Waals surface area contributed by atoms with Crippen molar-refractivity contribution in [2.45, 2.75) is 37.5 Å². The Bertz CT molecular complexity index is 2330. The largest absolute Gasteiger partial charge is 0.502 e. The maximum Gasteiger partial charge on any atom is 0.416 e. The summed E-state index contributed by atoms with van der Waals surface area (Å²) in [4.78, 5) is 57.0. The number of aromatic hydroxyl groups is 1. The van der Waals surface area contributed by atoms with E-state index >= 15 is 0 Å². The molecule has 3 aromatic carbocycles. The number of alkyl halides is 12. The lowest BCUT2D eigenvalue weighted by Crippen LogP contribution is -2.43. The first kappa shape index (κ1) is 43.1. The monoisotopic (exact) mass is 876 g/mol. The molecule has 324 valence electrons. The summed E-state index contributed by atoms with van der Waals surface area (Å²) in [6.45, 7) is 0. The zero-order valence-corrected chi connectivity index (χ0v) is 31.1. The van der Waals surface area contributed by atoms with Gasteiger partial charge in [-0.15, -0.1) is 0 Å². The third-order valence-electron chi connectivity index (χ3n) is 11.4. The van der Waals surface area contributed by atoms with Gasteiger partial charge in [0.2, 0.25) is 29.4 Å². The Morgan fingerprint density at radius 2 is 0.984 bits per heavy atom. The number of hydrogen-bond donors (Lipinski definition) is 1. The number of halogens is 12. The Morgan fingerprint density at radius 3 is 1.39 bits per heavy atom. The highest BCUT2D eigenvalue weighted by Gasteiger charge is 2.62. The van der Waals surface area contributed by atoms with Gasteiger partial charge in [0.25, 0.3) is 0 Å². The summed E-state index contributed by atoms with van der Waals surface area (Å²) >= 11 is 0. The number of imide groups is 2. The number of amides is 4. The Labute approximate surface area is 335 Å². The molecule has 0 spiro atoms. The fourth-order valence-corrected chi connectivity index (χ4v) is 8.72. The summed E-state index contributed by atoms with van der Waals surface area (Å²) in [5.41, 5.74) is -9.02. The van der Waals surface area contributed by atoms with Crippen LogP contribution in [-0.4, -0.2) is 43.0 Å². The third kappa shape index (κ3) is 7.44. The molecule has 61 heavy (non-hydrogen) atoms. The van der Waals surface area contributed by atoms with Gasteiger partial charge in [0, 0.05) is 5.92 Å². The van der Waals surface area contributed by atoms with Crippen molar-refractivity contribution in [1.82, 2.24) is 0 Å². The van der Waals surface area contributed by atoms with E-state index in [0.29, 0.717) is 0 Å². The van der Waals surface area contributed by atoms with Gasteiger partial charge in [0.1, 0.15) is 0 Å². The zero-order valence-electron chi connectivity index (χ0n) is 31.1. The Kier molecular flexibility index (Phi) is 10.3. The quantitative estimate of drug-likeness (QED) is 0.149. The van der Waals surface area contributed by atoms with Crippen LogP contribution in [0.3, 0.4) is 0 Å². The van der Waals surface area contributed by atoms with Gasteiger partial charge in [-0.25, -0.2) is 9.80 Å². The number of hydrogen-bond acceptors (Lipinski definition) is 7. The van der Waals surface area contributed by atoms with Crippen molar-refractivity contribution in [1.29, 1.82) is 0 Å². The number of fused-ring (bicyclic) bond motifs is 4. The number of anilines is 2. The fourth-order valence-electron chi connectivity index (χ4n) is 8.72. The summed E-state index contributed by atoms with van der Waals surface area (Å²) in [7, 11) is 2.42. The number of allylic oxidation sites excluding steroid dienone is 3. The molecule has 0 radical (unpaired) electrons. The van der Waals surface area contributed by atoms with Crippen LogP contribution < -0.4 is 19.3 Å². The number of nitrogens with zero attached hydrogens (tertiary/aromatic N) is 2. The van der Waals surface area contributed by atoms with E-state index in [0.717, 1.165) is 0 Å². The van der Waals surface area contributed by atoms with Crippen LogP contribution in [0.2, 0.25) is 0 Å². The number of carbonyl (C=O) groups is 4. The topological polar surface area (TPSA) is 113 Å². The van der Waals surface area contributed by atoms with Crippen molar-refractivity contribution >= 4 is 41.1 Å². The lowest BCUT2D eigenvalue weighted by molar-refractivity contribution is -0.144. The standard InChI is InChI=1S/C40H28F12N2O7/c1-60-28-7-16(8-29(61-2)32(28)55)3-4-24-23-5-6-25-31(36(59)53(33(25)56)21-11-17(37(41,42)43)9-18(12-21)38(44,45)46)26(23)15-27-30(24)35(58)54(34(27)57)22-13-19(39(47,48)49)10-20(14-22)40(50,51)52/h3-5,7-14,24-27,30-31,55H,6,15H2,1-2H3. The third-order valence-corrected chi connectivity index (χ3v) is 11.4. The molecule has 1 N–H and O–H groups in total. The van der Waals surface area contributed by atoms with Gasteiger partial charge in [-0.2, -0.15) is 52.7 Å². The number of phenols is 1. The van der Waals surface area contributed by atoms with Crippen molar-refractivity contribution < 1.29 is 86.4 Å². The predicted octanol–water partition coefficient (Wildman–Crippen LogP) is 9.08. The lowest BCUT2D eigenvalue weighted by Gasteiger charge is -2.42. The highest BCUT2D eigenvalue weighted by Crippen LogP contribution is 2.57. The highest BCUT2D eigenvalue weighted by molar-refractivity contribution is 6.24. The van der Waals surface area contributed by atoms with Gasteiger partial charge in [-0.1, -0.05) is 23.8 Å². The molecular weight excluding hydrogens is 848 g/mol. The summed E-state index contributed by atoms with van der Waals surface area (Å²) in [6.07, 6.45) is -18.2. The first-order valence-corrected chi connectivity index (χ1v) is 17.9. The van der Waals surface area contributed by atoms with E-state index in [2.05, 4.69) is 0 Å². The molecule has 0 aromatic heterocycles. The maximum absolute atomic E-state index is 14.3. The minimum absolute atomic E-state index is 0.0974. The molecule has 2 heterocycles. The highest BCUT2D eigenvalue weighted by atomic mass is 19.4. The second-order valence-corrected chi connectivity index (χ2v) is 14.8. The molecule has 4 amide bonds. The molecule has 21 heteroatoms. The van der Waals surface area contributed by atoms with Crippen molar-refractivity contribution in [3.05, 3.63) is 94.1 Å². The van der Waals surface area contributed by atoms with E-state index in [1.165, 1.54) is 44.6 Å². The first-order valence-electron chi connectivity index (χ1n) is 17.9. The van der Waals surface area contributed by atoms with E-state index in [4.69, 9.17) is 9.47 Å². The van der Waals surface area contributed by atoms with E-state index in [1.807, 2.05) is 0 Å². The number of rotatable bonds is 6. The molecule has 7 rings (SSSR count). The van der Waals surface area contributed by atoms with Crippen molar-refractivity contribution in [2.75, 3.05) is 24.0 Å². The van der Waals surface area contributed by atoms with Gasteiger partial charge in [0.05, 0.1) is 71.5 Å². The fraction of sp³-hybridized carbons (Fsp3) is 0.350. The van der Waals surface area contributed by atoms with Crippen LogP contribution in [0.4, 0.5) is 64.1 Å². The molecule has 2 aliphatic heterocycles. The molecule has 1 saturated carbocycles. The van der Waals surface area contributed by atoms with Crippen LogP contribution in [0.5, 0.6) is 17.2 Å². The molecule has 2 aliphatic carbocycles. The Morgan fingerprint density at radius 1 is 0.574 bits per heavy atom. The molecule has 0 bridgehead atoms. The van der Waals surface area contributed by atoms with Crippen LogP contribution in [0.1, 0.15) is 40.7 Å². The van der Waals surface area contributed by atoms with Crippen LogP contribution >= 0.6 is 0 Å². The minimum atomic E-state index is -5.37. The second-order valence-electron chi connectivity index (χ2n) is 14.8. The first-order chi connectivity index (χ1) is 28.3. The van der Waals surface area contributed by atoms with Gasteiger partial charge >= 0.3 is 24.7 Å². The Balaban J connectivity index is 1.35. The number of phenolic OH excluding ortho intramolecular Hbond substituents is 1. The lowest BCUT2D eigenvalue weighted by atomic mass is 9.58. The van der Waals surface area contributed by atoms with Crippen LogP contribution in [0.25, 0.3) is 6.08 Å². The Hall–Kier alpha value is -6.02. The maximum atomic E-state index is 14.3. The van der Waals surface area contributed by atoms with Gasteiger partial charge in [0.15, 0.2) is 11.5 Å². The SMILES string of the molecule is COc1cc(C=CC2C3=CCC4C(=O)N(c5cc(C(F)(F)F)cc(C(F)(F)F)c5)C(=O)C4C3CC3C(=O)N(c4cc(C(F)(F)F)cc(C(F)(F)F)c4)C(=O)C23)cc(OC)c1O. The smallest absolute Gasteiger partial charge is 0.416 e. The second kappa shape index (κ2) is 14.6. The van der Waals surface area contributed by atoms with Crippen LogP contribution in [0, 0.1) is 35.5 Å². The molecule has 3 aromatic rings. The molecule has 4 aliphatic rings.